The van der Waals surface area contributed by atoms with Crippen molar-refractivity contribution in [3.63, 3.8) is 0 Å². The topological polar surface area (TPSA) is 55.0 Å². The second-order valence-electron chi connectivity index (χ2n) is 3.33. The summed E-state index contributed by atoms with van der Waals surface area (Å²) >= 11 is 3.27. The van der Waals surface area contributed by atoms with E-state index < -0.39 is 5.97 Å². The van der Waals surface area contributed by atoms with Crippen molar-refractivity contribution in [2.45, 2.75) is 6.92 Å². The Bertz CT molecular complexity index is 523. The number of H-pyrrole nitrogens is 1. The van der Waals surface area contributed by atoms with Gasteiger partial charge in [0.15, 0.2) is 5.69 Å². The van der Waals surface area contributed by atoms with E-state index in [9.17, 15) is 4.79 Å². The molecule has 1 heterocycles. The summed E-state index contributed by atoms with van der Waals surface area (Å²) in [6.45, 7) is 2.09. The lowest BCUT2D eigenvalue weighted by atomic mass is 10.2. The number of esters is 1. The molecule has 0 bridgehead atoms. The van der Waals surface area contributed by atoms with Gasteiger partial charge in [-0.1, -0.05) is 30.3 Å². The van der Waals surface area contributed by atoms with Crippen molar-refractivity contribution in [2.24, 2.45) is 0 Å². The molecule has 2 rings (SSSR count). The van der Waals surface area contributed by atoms with Crippen molar-refractivity contribution in [2.75, 3.05) is 6.61 Å². The molecule has 0 aliphatic rings. The number of aromatic amines is 1. The van der Waals surface area contributed by atoms with Crippen LogP contribution in [0.3, 0.4) is 0 Å². The second-order valence-corrected chi connectivity index (χ2v) is 4.13. The van der Waals surface area contributed by atoms with Gasteiger partial charge >= 0.3 is 5.97 Å². The molecule has 0 atom stereocenters. The molecule has 4 nitrogen and oxygen atoms in total. The first-order valence-corrected chi connectivity index (χ1v) is 5.99. The van der Waals surface area contributed by atoms with Crippen LogP contribution >= 0.6 is 15.9 Å². The fraction of sp³-hybridized carbons (Fsp3) is 0.167. The molecule has 0 radical (unpaired) electrons. The number of imidazole rings is 1. The van der Waals surface area contributed by atoms with Gasteiger partial charge in [0.05, 0.1) is 6.61 Å². The van der Waals surface area contributed by atoms with Crippen molar-refractivity contribution in [3.8, 4) is 11.4 Å². The van der Waals surface area contributed by atoms with Gasteiger partial charge in [0.25, 0.3) is 0 Å². The predicted octanol–water partition coefficient (Wildman–Crippen LogP) is 3.02. The zero-order valence-corrected chi connectivity index (χ0v) is 10.8. The van der Waals surface area contributed by atoms with Gasteiger partial charge in [0, 0.05) is 5.56 Å². The van der Waals surface area contributed by atoms with Crippen molar-refractivity contribution >= 4 is 21.9 Å². The third kappa shape index (κ3) is 2.55. The molecule has 1 aromatic heterocycles. The van der Waals surface area contributed by atoms with E-state index in [2.05, 4.69) is 25.9 Å². The minimum absolute atomic E-state index is 0.269. The monoisotopic (exact) mass is 294 g/mol. The van der Waals surface area contributed by atoms with Gasteiger partial charge in [-0.2, -0.15) is 0 Å². The number of halogens is 1. The van der Waals surface area contributed by atoms with E-state index in [0.29, 0.717) is 17.0 Å². The van der Waals surface area contributed by atoms with Gasteiger partial charge in [0.2, 0.25) is 0 Å². The van der Waals surface area contributed by atoms with Gasteiger partial charge in [0.1, 0.15) is 10.4 Å². The first kappa shape index (κ1) is 11.9. The Morgan fingerprint density at radius 1 is 1.41 bits per heavy atom. The molecule has 0 fully saturated rings. The van der Waals surface area contributed by atoms with Gasteiger partial charge in [-0.05, 0) is 22.9 Å². The van der Waals surface area contributed by atoms with Crippen molar-refractivity contribution in [3.05, 3.63) is 40.6 Å². The van der Waals surface area contributed by atoms with Crippen LogP contribution in [0.2, 0.25) is 0 Å². The smallest absolute Gasteiger partial charge is 0.359 e. The van der Waals surface area contributed by atoms with Crippen LogP contribution in [0.1, 0.15) is 17.4 Å². The molecule has 5 heteroatoms. The summed E-state index contributed by atoms with van der Waals surface area (Å²) in [5.74, 6) is 0.207. The first-order valence-electron chi connectivity index (χ1n) is 5.20. The first-order chi connectivity index (χ1) is 8.22. The number of aromatic nitrogens is 2. The molecule has 0 unspecified atom stereocenters. The normalized spacial score (nSPS) is 10.2. The van der Waals surface area contributed by atoms with E-state index in [0.717, 1.165) is 5.56 Å². The summed E-state index contributed by atoms with van der Waals surface area (Å²) in [4.78, 5) is 18.8. The quantitative estimate of drug-likeness (QED) is 0.886. The van der Waals surface area contributed by atoms with E-state index in [4.69, 9.17) is 4.74 Å². The van der Waals surface area contributed by atoms with Crippen molar-refractivity contribution in [1.29, 1.82) is 0 Å². The minimum atomic E-state index is -0.433. The molecular weight excluding hydrogens is 284 g/mol. The largest absolute Gasteiger partial charge is 0.461 e. The molecule has 0 saturated carbocycles. The van der Waals surface area contributed by atoms with Crippen molar-refractivity contribution < 1.29 is 9.53 Å². The highest BCUT2D eigenvalue weighted by molar-refractivity contribution is 9.10. The Morgan fingerprint density at radius 3 is 2.76 bits per heavy atom. The van der Waals surface area contributed by atoms with E-state index in [1.807, 2.05) is 30.3 Å². The Labute approximate surface area is 107 Å². The fourth-order valence-corrected chi connectivity index (χ4v) is 1.86. The molecule has 1 aromatic carbocycles. The average Bonchev–Trinajstić information content (AvgIpc) is 2.73. The standard InChI is InChI=1S/C12H11BrN2O2/c1-2-17-12(16)9-10(13)15-11(14-9)8-6-4-3-5-7-8/h3-7H,2H2,1H3,(H,14,15). The van der Waals surface area contributed by atoms with Crippen LogP contribution in [0.25, 0.3) is 11.4 Å². The Balaban J connectivity index is 2.34. The maximum absolute atomic E-state index is 11.6. The number of hydrogen-bond donors (Lipinski definition) is 1. The van der Waals surface area contributed by atoms with Crippen molar-refractivity contribution in [1.82, 2.24) is 9.97 Å². The minimum Gasteiger partial charge on any atom is -0.461 e. The third-order valence-electron chi connectivity index (χ3n) is 2.18. The zero-order valence-electron chi connectivity index (χ0n) is 9.24. The summed E-state index contributed by atoms with van der Waals surface area (Å²) in [7, 11) is 0. The van der Waals surface area contributed by atoms with Crippen LogP contribution in [-0.4, -0.2) is 22.5 Å². The van der Waals surface area contributed by atoms with E-state index >= 15 is 0 Å². The highest BCUT2D eigenvalue weighted by Gasteiger charge is 2.17. The van der Waals surface area contributed by atoms with Crippen LogP contribution < -0.4 is 0 Å². The van der Waals surface area contributed by atoms with Crippen LogP contribution in [-0.2, 0) is 4.74 Å². The lowest BCUT2D eigenvalue weighted by Crippen LogP contribution is -2.05. The number of rotatable bonds is 3. The second kappa shape index (κ2) is 5.14. The van der Waals surface area contributed by atoms with Crippen LogP contribution in [0.15, 0.2) is 34.9 Å². The lowest BCUT2D eigenvalue weighted by Gasteiger charge is -1.97. The lowest BCUT2D eigenvalue weighted by molar-refractivity contribution is 0.0519. The zero-order chi connectivity index (χ0) is 12.3. The van der Waals surface area contributed by atoms with E-state index in [-0.39, 0.29) is 5.69 Å². The SMILES string of the molecule is CCOC(=O)c1nc(-c2ccccc2)[nH]c1Br. The molecule has 0 saturated heterocycles. The molecular formula is C12H11BrN2O2. The Kier molecular flexibility index (Phi) is 3.58. The molecule has 0 aliphatic heterocycles. The fourth-order valence-electron chi connectivity index (χ4n) is 1.42. The Morgan fingerprint density at radius 2 is 2.12 bits per heavy atom. The number of carbonyl (C=O) groups excluding carboxylic acids is 1. The highest BCUT2D eigenvalue weighted by Crippen LogP contribution is 2.21. The van der Waals surface area contributed by atoms with Crippen LogP contribution in [0, 0.1) is 0 Å². The maximum Gasteiger partial charge on any atom is 0.359 e. The number of carbonyl (C=O) groups is 1. The summed E-state index contributed by atoms with van der Waals surface area (Å²) in [5.41, 5.74) is 1.19. The molecule has 0 amide bonds. The van der Waals surface area contributed by atoms with Crippen LogP contribution in [0.4, 0.5) is 0 Å². The molecule has 2 aromatic rings. The summed E-state index contributed by atoms with van der Waals surface area (Å²) in [5, 5.41) is 0. The number of nitrogens with zero attached hydrogens (tertiary/aromatic N) is 1. The van der Waals surface area contributed by atoms with E-state index in [1.54, 1.807) is 6.92 Å². The third-order valence-corrected chi connectivity index (χ3v) is 2.75. The maximum atomic E-state index is 11.6. The van der Waals surface area contributed by atoms with Gasteiger partial charge in [-0.3, -0.25) is 0 Å². The average molecular weight is 295 g/mol. The summed E-state index contributed by atoms with van der Waals surface area (Å²) < 4.78 is 5.44. The van der Waals surface area contributed by atoms with Gasteiger partial charge in [-0.25, -0.2) is 9.78 Å². The molecule has 1 N–H and O–H groups in total. The summed E-state index contributed by atoms with van der Waals surface area (Å²) in [6.07, 6.45) is 0. The summed E-state index contributed by atoms with van der Waals surface area (Å²) in [6, 6.07) is 9.58. The highest BCUT2D eigenvalue weighted by atomic mass is 79.9. The number of benzene rings is 1. The molecule has 17 heavy (non-hydrogen) atoms. The number of nitrogens with one attached hydrogen (secondary N) is 1. The Hall–Kier alpha value is -1.62. The molecule has 0 spiro atoms. The van der Waals surface area contributed by atoms with Gasteiger partial charge in [-0.15, -0.1) is 0 Å². The molecule has 88 valence electrons. The van der Waals surface area contributed by atoms with Gasteiger partial charge < -0.3 is 9.72 Å². The van der Waals surface area contributed by atoms with E-state index in [1.165, 1.54) is 0 Å². The number of hydrogen-bond acceptors (Lipinski definition) is 3. The predicted molar refractivity (Wildman–Crippen MR) is 67.7 cm³/mol. The number of ether oxygens (including phenoxy) is 1. The van der Waals surface area contributed by atoms with Crippen LogP contribution in [0.5, 0.6) is 0 Å². The molecule has 0 aliphatic carbocycles.